The Balaban J connectivity index is 2.63. The Morgan fingerprint density at radius 3 is 2.55 bits per heavy atom. The molecule has 1 heterocycles. The van der Waals surface area contributed by atoms with Gasteiger partial charge >= 0.3 is 0 Å². The monoisotopic (exact) mass is 309 g/mol. The number of aryl methyl sites for hydroxylation is 1. The van der Waals surface area contributed by atoms with Crippen molar-refractivity contribution in [3.05, 3.63) is 11.8 Å². The minimum Gasteiger partial charge on any atom is -0.360 e. The Morgan fingerprint density at radius 2 is 2.05 bits per heavy atom. The van der Waals surface area contributed by atoms with Crippen LogP contribution in [0, 0.1) is 12.3 Å². The number of carbonyl (C=O) groups excluding carboxylic acids is 2. The van der Waals surface area contributed by atoms with Gasteiger partial charge in [-0.1, -0.05) is 39.3 Å². The molecule has 0 aromatic carbocycles. The highest BCUT2D eigenvalue weighted by Crippen LogP contribution is 2.20. The SMILES string of the molecule is CCCCN(CC(=O)Nc1cc(C)on1)C(=O)CC(C)(C)C. The fraction of sp³-hybridized carbons (Fsp3) is 0.688. The van der Waals surface area contributed by atoms with Gasteiger partial charge in [0.15, 0.2) is 5.82 Å². The van der Waals surface area contributed by atoms with Crippen LogP contribution in [0.15, 0.2) is 10.6 Å². The van der Waals surface area contributed by atoms with Crippen LogP contribution in [-0.4, -0.2) is 35.0 Å². The third-order valence-corrected chi connectivity index (χ3v) is 3.05. The van der Waals surface area contributed by atoms with E-state index in [0.29, 0.717) is 24.5 Å². The van der Waals surface area contributed by atoms with Crippen LogP contribution >= 0.6 is 0 Å². The summed E-state index contributed by atoms with van der Waals surface area (Å²) in [4.78, 5) is 26.1. The van der Waals surface area contributed by atoms with Gasteiger partial charge in [-0.2, -0.15) is 0 Å². The van der Waals surface area contributed by atoms with E-state index in [9.17, 15) is 9.59 Å². The number of unbranched alkanes of at least 4 members (excludes halogenated alkanes) is 1. The predicted molar refractivity (Wildman–Crippen MR) is 85.4 cm³/mol. The minimum atomic E-state index is -0.258. The number of aromatic nitrogens is 1. The average Bonchev–Trinajstić information content (AvgIpc) is 2.77. The second kappa shape index (κ2) is 7.96. The molecule has 0 atom stereocenters. The quantitative estimate of drug-likeness (QED) is 0.840. The number of amides is 2. The molecule has 0 saturated carbocycles. The van der Waals surface area contributed by atoms with Crippen molar-refractivity contribution < 1.29 is 14.1 Å². The summed E-state index contributed by atoms with van der Waals surface area (Å²) >= 11 is 0. The van der Waals surface area contributed by atoms with Gasteiger partial charge in [0.2, 0.25) is 11.8 Å². The molecule has 2 amide bonds. The first kappa shape index (κ1) is 18.2. The number of rotatable bonds is 7. The first-order valence-electron chi connectivity index (χ1n) is 7.72. The molecular formula is C16H27N3O3. The minimum absolute atomic E-state index is 0.00688. The van der Waals surface area contributed by atoms with Gasteiger partial charge in [-0.05, 0) is 18.8 Å². The van der Waals surface area contributed by atoms with Crippen molar-refractivity contribution in [2.45, 2.75) is 53.9 Å². The molecule has 0 aliphatic carbocycles. The zero-order valence-electron chi connectivity index (χ0n) is 14.2. The average molecular weight is 309 g/mol. The molecular weight excluding hydrogens is 282 g/mol. The van der Waals surface area contributed by atoms with E-state index in [1.54, 1.807) is 17.9 Å². The first-order valence-corrected chi connectivity index (χ1v) is 7.72. The van der Waals surface area contributed by atoms with Gasteiger partial charge in [0.25, 0.3) is 0 Å². The number of anilines is 1. The molecule has 1 N–H and O–H groups in total. The lowest BCUT2D eigenvalue weighted by Gasteiger charge is -2.26. The number of nitrogens with one attached hydrogen (secondary N) is 1. The van der Waals surface area contributed by atoms with Crippen LogP contribution in [0.5, 0.6) is 0 Å². The van der Waals surface area contributed by atoms with Crippen LogP contribution in [0.1, 0.15) is 52.7 Å². The fourth-order valence-electron chi connectivity index (χ4n) is 1.99. The summed E-state index contributed by atoms with van der Waals surface area (Å²) in [5.41, 5.74) is -0.0960. The van der Waals surface area contributed by atoms with Crippen molar-refractivity contribution in [1.29, 1.82) is 0 Å². The number of nitrogens with zero attached hydrogens (tertiary/aromatic N) is 2. The molecule has 0 saturated heterocycles. The maximum absolute atomic E-state index is 12.4. The molecule has 1 rings (SSSR count). The molecule has 6 nitrogen and oxygen atoms in total. The van der Waals surface area contributed by atoms with E-state index in [1.165, 1.54) is 0 Å². The van der Waals surface area contributed by atoms with E-state index in [0.717, 1.165) is 12.8 Å². The highest BCUT2D eigenvalue weighted by atomic mass is 16.5. The number of hydrogen-bond donors (Lipinski definition) is 1. The van der Waals surface area contributed by atoms with Gasteiger partial charge in [-0.15, -0.1) is 0 Å². The molecule has 22 heavy (non-hydrogen) atoms. The van der Waals surface area contributed by atoms with Gasteiger partial charge in [0.1, 0.15) is 5.76 Å². The smallest absolute Gasteiger partial charge is 0.245 e. The van der Waals surface area contributed by atoms with Crippen molar-refractivity contribution in [1.82, 2.24) is 10.1 Å². The summed E-state index contributed by atoms with van der Waals surface area (Å²) in [6.07, 6.45) is 2.28. The topological polar surface area (TPSA) is 75.4 Å². The Morgan fingerprint density at radius 1 is 1.36 bits per heavy atom. The first-order chi connectivity index (χ1) is 10.2. The molecule has 0 radical (unpaired) electrons. The molecule has 0 fully saturated rings. The normalized spacial score (nSPS) is 11.3. The van der Waals surface area contributed by atoms with Crippen LogP contribution in [0.2, 0.25) is 0 Å². The molecule has 0 aliphatic rings. The second-order valence-electron chi connectivity index (χ2n) is 6.78. The predicted octanol–water partition coefficient (Wildman–Crippen LogP) is 2.99. The van der Waals surface area contributed by atoms with E-state index in [4.69, 9.17) is 4.52 Å². The summed E-state index contributed by atoms with van der Waals surface area (Å²) < 4.78 is 4.90. The van der Waals surface area contributed by atoms with Gasteiger partial charge in [-0.3, -0.25) is 9.59 Å². The van der Waals surface area contributed by atoms with E-state index in [2.05, 4.69) is 17.4 Å². The highest BCUT2D eigenvalue weighted by Gasteiger charge is 2.22. The number of carbonyl (C=O) groups is 2. The van der Waals surface area contributed by atoms with Crippen molar-refractivity contribution in [3.8, 4) is 0 Å². The van der Waals surface area contributed by atoms with Crippen LogP contribution in [0.25, 0.3) is 0 Å². The molecule has 0 aliphatic heterocycles. The standard InChI is InChI=1S/C16H27N3O3/c1-6-7-8-19(15(21)10-16(3,4)5)11-14(20)17-13-9-12(2)22-18-13/h9H,6-8,10-11H2,1-5H3,(H,17,18,20). The van der Waals surface area contributed by atoms with Crippen LogP contribution in [0.4, 0.5) is 5.82 Å². The van der Waals surface area contributed by atoms with Crippen molar-refractivity contribution in [3.63, 3.8) is 0 Å². The zero-order chi connectivity index (χ0) is 16.8. The van der Waals surface area contributed by atoms with Gasteiger partial charge in [0.05, 0.1) is 6.54 Å². The van der Waals surface area contributed by atoms with E-state index < -0.39 is 0 Å². The molecule has 0 bridgehead atoms. The summed E-state index contributed by atoms with van der Waals surface area (Å²) in [5, 5.41) is 6.37. The molecule has 0 spiro atoms. The summed E-state index contributed by atoms with van der Waals surface area (Å²) in [6.45, 7) is 10.5. The van der Waals surface area contributed by atoms with Crippen LogP contribution in [0.3, 0.4) is 0 Å². The fourth-order valence-corrected chi connectivity index (χ4v) is 1.99. The Labute approximate surface area is 132 Å². The largest absolute Gasteiger partial charge is 0.360 e. The lowest BCUT2D eigenvalue weighted by molar-refractivity contribution is -0.136. The third kappa shape index (κ3) is 6.74. The van der Waals surface area contributed by atoms with Crippen molar-refractivity contribution in [2.24, 2.45) is 5.41 Å². The van der Waals surface area contributed by atoms with E-state index >= 15 is 0 Å². The number of hydrogen-bond acceptors (Lipinski definition) is 4. The Bertz CT molecular complexity index is 503. The Hall–Kier alpha value is -1.85. The van der Waals surface area contributed by atoms with E-state index in [1.807, 2.05) is 20.8 Å². The second-order valence-corrected chi connectivity index (χ2v) is 6.78. The summed E-state index contributed by atoms with van der Waals surface area (Å²) in [5.74, 6) is 0.752. The summed E-state index contributed by atoms with van der Waals surface area (Å²) in [7, 11) is 0. The zero-order valence-corrected chi connectivity index (χ0v) is 14.2. The molecule has 6 heteroatoms. The van der Waals surface area contributed by atoms with Gasteiger partial charge in [-0.25, -0.2) is 0 Å². The van der Waals surface area contributed by atoms with Crippen molar-refractivity contribution in [2.75, 3.05) is 18.4 Å². The van der Waals surface area contributed by atoms with Crippen molar-refractivity contribution >= 4 is 17.6 Å². The lowest BCUT2D eigenvalue weighted by Crippen LogP contribution is -2.40. The maximum atomic E-state index is 12.4. The maximum Gasteiger partial charge on any atom is 0.245 e. The molecule has 1 aromatic rings. The highest BCUT2D eigenvalue weighted by molar-refractivity contribution is 5.93. The molecule has 0 unspecified atom stereocenters. The van der Waals surface area contributed by atoms with E-state index in [-0.39, 0.29) is 23.8 Å². The summed E-state index contributed by atoms with van der Waals surface area (Å²) in [6, 6.07) is 1.64. The van der Waals surface area contributed by atoms with Crippen LogP contribution in [-0.2, 0) is 9.59 Å². The Kier molecular flexibility index (Phi) is 6.59. The lowest BCUT2D eigenvalue weighted by atomic mass is 9.91. The van der Waals surface area contributed by atoms with Gasteiger partial charge < -0.3 is 14.7 Å². The molecule has 1 aromatic heterocycles. The molecule has 124 valence electrons. The van der Waals surface area contributed by atoms with Gasteiger partial charge in [0, 0.05) is 19.0 Å². The third-order valence-electron chi connectivity index (χ3n) is 3.05. The van der Waals surface area contributed by atoms with Crippen LogP contribution < -0.4 is 5.32 Å².